The van der Waals surface area contributed by atoms with Gasteiger partial charge in [-0.2, -0.15) is 13.2 Å². The number of esters is 1. The number of aliphatic hydroxyl groups is 1. The average molecular weight is 304 g/mol. The molecule has 6 heteroatoms. The second kappa shape index (κ2) is 6.47. The molecule has 0 saturated carbocycles. The van der Waals surface area contributed by atoms with Crippen LogP contribution in [-0.2, 0) is 15.7 Å². The lowest BCUT2D eigenvalue weighted by Crippen LogP contribution is -2.44. The molecule has 0 saturated heterocycles. The number of hydrogen-bond donors (Lipinski definition) is 1. The molecule has 1 N–H and O–H groups in total. The highest BCUT2D eigenvalue weighted by molar-refractivity contribution is 5.80. The van der Waals surface area contributed by atoms with Crippen LogP contribution in [-0.4, -0.2) is 23.3 Å². The molecule has 0 aliphatic rings. The average Bonchev–Trinajstić information content (AvgIpc) is 2.45. The van der Waals surface area contributed by atoms with Gasteiger partial charge >= 0.3 is 12.1 Å². The van der Waals surface area contributed by atoms with Crippen LogP contribution in [0.5, 0.6) is 0 Å². The van der Waals surface area contributed by atoms with Gasteiger partial charge in [0.05, 0.1) is 12.2 Å². The molecule has 0 heterocycles. The number of hydrogen-bond acceptors (Lipinski definition) is 3. The molecule has 3 nitrogen and oxygen atoms in total. The summed E-state index contributed by atoms with van der Waals surface area (Å²) in [7, 11) is 0. The third-order valence-electron chi connectivity index (χ3n) is 3.60. The van der Waals surface area contributed by atoms with E-state index in [1.165, 1.54) is 19.1 Å². The highest BCUT2D eigenvalue weighted by Crippen LogP contribution is 2.36. The van der Waals surface area contributed by atoms with E-state index < -0.39 is 29.2 Å². The summed E-state index contributed by atoms with van der Waals surface area (Å²) >= 11 is 0. The molecule has 2 atom stereocenters. The number of halogens is 3. The number of carbonyl (C=O) groups is 1. The fraction of sp³-hybridized carbons (Fsp3) is 0.533. The molecule has 0 aliphatic heterocycles. The van der Waals surface area contributed by atoms with Crippen molar-refractivity contribution in [3.8, 4) is 0 Å². The van der Waals surface area contributed by atoms with Crippen LogP contribution in [0, 0.1) is 0 Å². The summed E-state index contributed by atoms with van der Waals surface area (Å²) in [6.07, 6.45) is -4.42. The standard InChI is InChI=1S/C15H19F3O3/c1-4-14(20,13(19)21-5-2)10(3)11-7-6-8-12(9-11)15(16,17)18/h6-10,20H,4-5H2,1-3H3. The first-order valence-corrected chi connectivity index (χ1v) is 6.73. The first kappa shape index (κ1) is 17.5. The third-order valence-corrected chi connectivity index (χ3v) is 3.60. The second-order valence-corrected chi connectivity index (χ2v) is 4.84. The predicted molar refractivity (Wildman–Crippen MR) is 71.7 cm³/mol. The largest absolute Gasteiger partial charge is 0.464 e. The Bertz CT molecular complexity index is 499. The van der Waals surface area contributed by atoms with Gasteiger partial charge < -0.3 is 9.84 Å². The lowest BCUT2D eigenvalue weighted by atomic mass is 9.81. The predicted octanol–water partition coefficient (Wildman–Crippen LogP) is 3.51. The Morgan fingerprint density at radius 1 is 1.33 bits per heavy atom. The Morgan fingerprint density at radius 2 is 1.95 bits per heavy atom. The highest BCUT2D eigenvalue weighted by atomic mass is 19.4. The minimum atomic E-state index is -4.47. The van der Waals surface area contributed by atoms with Gasteiger partial charge in [0.25, 0.3) is 0 Å². The van der Waals surface area contributed by atoms with Crippen molar-refractivity contribution in [2.45, 2.75) is 44.9 Å². The molecule has 1 rings (SSSR count). The molecule has 0 aromatic heterocycles. The van der Waals surface area contributed by atoms with Crippen LogP contribution in [0.3, 0.4) is 0 Å². The fourth-order valence-corrected chi connectivity index (χ4v) is 2.14. The molecule has 0 radical (unpaired) electrons. The molecular weight excluding hydrogens is 285 g/mol. The molecule has 1 aromatic rings. The van der Waals surface area contributed by atoms with Crippen LogP contribution in [0.1, 0.15) is 44.2 Å². The maximum Gasteiger partial charge on any atom is 0.416 e. The van der Waals surface area contributed by atoms with E-state index in [4.69, 9.17) is 4.74 Å². The minimum Gasteiger partial charge on any atom is -0.464 e. The van der Waals surface area contributed by atoms with Crippen molar-refractivity contribution in [1.29, 1.82) is 0 Å². The van der Waals surface area contributed by atoms with Crippen LogP contribution in [0.2, 0.25) is 0 Å². The summed E-state index contributed by atoms with van der Waals surface area (Å²) in [5.74, 6) is -1.64. The third kappa shape index (κ3) is 3.75. The maximum atomic E-state index is 12.7. The van der Waals surface area contributed by atoms with E-state index in [1.54, 1.807) is 13.8 Å². The molecule has 0 fully saturated rings. The molecule has 2 unspecified atom stereocenters. The zero-order chi connectivity index (χ0) is 16.3. The van der Waals surface area contributed by atoms with E-state index >= 15 is 0 Å². The molecule has 1 aromatic carbocycles. The Morgan fingerprint density at radius 3 is 2.43 bits per heavy atom. The van der Waals surface area contributed by atoms with Crippen molar-refractivity contribution in [1.82, 2.24) is 0 Å². The van der Waals surface area contributed by atoms with Crippen LogP contribution in [0.25, 0.3) is 0 Å². The first-order chi connectivity index (χ1) is 9.66. The van der Waals surface area contributed by atoms with Crippen molar-refractivity contribution in [3.63, 3.8) is 0 Å². The monoisotopic (exact) mass is 304 g/mol. The van der Waals surface area contributed by atoms with E-state index in [-0.39, 0.29) is 18.6 Å². The molecule has 21 heavy (non-hydrogen) atoms. The van der Waals surface area contributed by atoms with Gasteiger partial charge in [0.1, 0.15) is 0 Å². The van der Waals surface area contributed by atoms with Gasteiger partial charge in [-0.1, -0.05) is 32.0 Å². The van der Waals surface area contributed by atoms with Gasteiger partial charge in [-0.05, 0) is 25.0 Å². The van der Waals surface area contributed by atoms with Crippen molar-refractivity contribution in [2.75, 3.05) is 6.61 Å². The molecule has 0 spiro atoms. The lowest BCUT2D eigenvalue weighted by Gasteiger charge is -2.31. The Kier molecular flexibility index (Phi) is 5.39. The topological polar surface area (TPSA) is 46.5 Å². The zero-order valence-electron chi connectivity index (χ0n) is 12.2. The normalized spacial score (nSPS) is 16.1. The summed E-state index contributed by atoms with van der Waals surface area (Å²) in [6.45, 7) is 4.79. The van der Waals surface area contributed by atoms with E-state index in [9.17, 15) is 23.1 Å². The van der Waals surface area contributed by atoms with Crippen molar-refractivity contribution >= 4 is 5.97 Å². The van der Waals surface area contributed by atoms with E-state index in [1.807, 2.05) is 0 Å². The number of rotatable bonds is 5. The SMILES string of the molecule is CCOC(=O)C(O)(CC)C(C)c1cccc(C(F)(F)F)c1. The van der Waals surface area contributed by atoms with Gasteiger partial charge in [-0.15, -0.1) is 0 Å². The lowest BCUT2D eigenvalue weighted by molar-refractivity contribution is -0.167. The quantitative estimate of drug-likeness (QED) is 0.847. The van der Waals surface area contributed by atoms with Gasteiger partial charge in [-0.3, -0.25) is 0 Å². The molecule has 0 bridgehead atoms. The summed E-state index contributed by atoms with van der Waals surface area (Å²) in [5, 5.41) is 10.5. The highest BCUT2D eigenvalue weighted by Gasteiger charge is 2.42. The van der Waals surface area contributed by atoms with Crippen LogP contribution < -0.4 is 0 Å². The van der Waals surface area contributed by atoms with Crippen LogP contribution >= 0.6 is 0 Å². The van der Waals surface area contributed by atoms with E-state index in [0.717, 1.165) is 12.1 Å². The fourth-order valence-electron chi connectivity index (χ4n) is 2.14. The number of benzene rings is 1. The molecule has 0 aliphatic carbocycles. The number of ether oxygens (including phenoxy) is 1. The van der Waals surface area contributed by atoms with Crippen LogP contribution in [0.4, 0.5) is 13.2 Å². The van der Waals surface area contributed by atoms with Gasteiger partial charge in [0, 0.05) is 5.92 Å². The van der Waals surface area contributed by atoms with Gasteiger partial charge in [0.2, 0.25) is 0 Å². The zero-order valence-corrected chi connectivity index (χ0v) is 12.2. The molecular formula is C15H19F3O3. The maximum absolute atomic E-state index is 12.7. The Labute approximate surface area is 121 Å². The van der Waals surface area contributed by atoms with Crippen molar-refractivity contribution in [3.05, 3.63) is 35.4 Å². The van der Waals surface area contributed by atoms with Gasteiger partial charge in [-0.25, -0.2) is 4.79 Å². The first-order valence-electron chi connectivity index (χ1n) is 6.73. The van der Waals surface area contributed by atoms with Crippen molar-refractivity contribution < 1.29 is 27.8 Å². The number of carbonyl (C=O) groups excluding carboxylic acids is 1. The van der Waals surface area contributed by atoms with Gasteiger partial charge in [0.15, 0.2) is 5.60 Å². The Balaban J connectivity index is 3.17. The minimum absolute atomic E-state index is 0.0449. The van der Waals surface area contributed by atoms with E-state index in [2.05, 4.69) is 0 Å². The number of alkyl halides is 3. The summed E-state index contributed by atoms with van der Waals surface area (Å²) < 4.78 is 43.0. The Hall–Kier alpha value is -1.56. The molecule has 0 amide bonds. The second-order valence-electron chi connectivity index (χ2n) is 4.84. The summed E-state index contributed by atoms with van der Waals surface area (Å²) in [5.41, 5.74) is -2.42. The molecule has 118 valence electrons. The van der Waals surface area contributed by atoms with E-state index in [0.29, 0.717) is 0 Å². The van der Waals surface area contributed by atoms with Crippen molar-refractivity contribution in [2.24, 2.45) is 0 Å². The summed E-state index contributed by atoms with van der Waals surface area (Å²) in [6, 6.07) is 4.62. The smallest absolute Gasteiger partial charge is 0.416 e. The summed E-state index contributed by atoms with van der Waals surface area (Å²) in [4.78, 5) is 11.9. The van der Waals surface area contributed by atoms with Crippen LogP contribution in [0.15, 0.2) is 24.3 Å².